The Bertz CT molecular complexity index is 324. The first-order valence-electron chi connectivity index (χ1n) is 6.59. The molecule has 1 rings (SSSR count). The Labute approximate surface area is 134 Å². The minimum atomic E-state index is -1.67. The molecule has 0 spiro atoms. The summed E-state index contributed by atoms with van der Waals surface area (Å²) >= 11 is 9.32. The fourth-order valence-corrected chi connectivity index (χ4v) is 21.3. The zero-order chi connectivity index (χ0) is 15.4. The quantitative estimate of drug-likeness (QED) is 0.413. The van der Waals surface area contributed by atoms with Crippen LogP contribution < -0.4 is 5.09 Å². The maximum absolute atomic E-state index is 5.83. The standard InChI is InChI=1S/C12H28N3P2SSe/c1-10(2,3)13-17(19)14(11(4,5)6)16(18)15(17)12(7,8)9/h1-9H3,(H,13,19)/q-1. The van der Waals surface area contributed by atoms with Crippen LogP contribution in [0, 0.1) is 0 Å². The minimum absolute atomic E-state index is 0.0674. The van der Waals surface area contributed by atoms with Gasteiger partial charge in [-0.2, -0.15) is 0 Å². The molecule has 1 heterocycles. The zero-order valence-corrected chi connectivity index (χ0v) is 17.9. The van der Waals surface area contributed by atoms with Gasteiger partial charge in [0.2, 0.25) is 0 Å². The second-order valence-electron chi connectivity index (χ2n) is 8.08. The van der Waals surface area contributed by atoms with Crippen molar-refractivity contribution in [1.82, 2.24) is 14.0 Å². The van der Waals surface area contributed by atoms with Crippen molar-refractivity contribution >= 4 is 41.6 Å². The van der Waals surface area contributed by atoms with Gasteiger partial charge in [-0.25, -0.2) is 0 Å². The summed E-state index contributed by atoms with van der Waals surface area (Å²) in [5.41, 5.74) is 0.247. The molecular weight excluding hydrogens is 359 g/mol. The molecule has 1 aliphatic heterocycles. The van der Waals surface area contributed by atoms with Gasteiger partial charge in [0.1, 0.15) is 0 Å². The van der Waals surface area contributed by atoms with E-state index in [1.165, 1.54) is 0 Å². The fourth-order valence-electron chi connectivity index (χ4n) is 2.19. The van der Waals surface area contributed by atoms with Gasteiger partial charge in [0.15, 0.2) is 0 Å². The number of hydrogen-bond acceptors (Lipinski definition) is 4. The zero-order valence-electron chi connectivity index (χ0n) is 13.6. The Hall–Kier alpha value is 1.61. The molecule has 7 heteroatoms. The van der Waals surface area contributed by atoms with Gasteiger partial charge in [-0.1, -0.05) is 0 Å². The summed E-state index contributed by atoms with van der Waals surface area (Å²) in [7, 11) is -0.656. The first-order valence-corrected chi connectivity index (χ1v) is 12.8. The van der Waals surface area contributed by atoms with Crippen LogP contribution in [-0.4, -0.2) is 41.1 Å². The van der Waals surface area contributed by atoms with Crippen LogP contribution in [0.25, 0.3) is 0 Å². The third-order valence-electron chi connectivity index (χ3n) is 2.52. The Morgan fingerprint density at radius 2 is 1.21 bits per heavy atom. The van der Waals surface area contributed by atoms with E-state index in [0.29, 0.717) is 0 Å². The van der Waals surface area contributed by atoms with Crippen LogP contribution in [0.2, 0.25) is 0 Å². The van der Waals surface area contributed by atoms with Crippen molar-refractivity contribution in [2.24, 2.45) is 0 Å². The van der Waals surface area contributed by atoms with E-state index in [4.69, 9.17) is 12.2 Å². The predicted molar refractivity (Wildman–Crippen MR) is 93.0 cm³/mol. The molecule has 0 aromatic carbocycles. The van der Waals surface area contributed by atoms with Gasteiger partial charge in [-0.05, 0) is 0 Å². The topological polar surface area (TPSA) is 18.5 Å². The summed E-state index contributed by atoms with van der Waals surface area (Å²) in [5.74, 6) is 0. The van der Waals surface area contributed by atoms with Gasteiger partial charge in [0.05, 0.1) is 0 Å². The van der Waals surface area contributed by atoms with E-state index in [-0.39, 0.29) is 16.6 Å². The SMILES string of the molecule is CC(C)(C)N[P+]1([Se-])N(C(C)(C)C)P([S-])N1C(C)(C)C. The average Bonchev–Trinajstić information content (AvgIpc) is 1.90. The summed E-state index contributed by atoms with van der Waals surface area (Å²) in [6, 6.07) is 0. The molecule has 1 aliphatic rings. The van der Waals surface area contributed by atoms with E-state index in [9.17, 15) is 0 Å². The van der Waals surface area contributed by atoms with Crippen molar-refractivity contribution in [2.75, 3.05) is 0 Å². The molecule has 0 amide bonds. The van der Waals surface area contributed by atoms with Gasteiger partial charge in [-0.15, -0.1) is 0 Å². The molecular formula is C12H28N3P2SSe-. The summed E-state index contributed by atoms with van der Waals surface area (Å²) in [5, 5.41) is 3.83. The van der Waals surface area contributed by atoms with Gasteiger partial charge in [0, 0.05) is 0 Å². The molecule has 0 aromatic heterocycles. The Balaban J connectivity index is 3.17. The molecule has 1 saturated heterocycles. The second-order valence-corrected chi connectivity index (χ2v) is 16.3. The van der Waals surface area contributed by atoms with Crippen LogP contribution in [0.4, 0.5) is 0 Å². The molecule has 1 N–H and O–H groups in total. The van der Waals surface area contributed by atoms with Crippen molar-refractivity contribution in [3.8, 4) is 0 Å². The third-order valence-corrected chi connectivity index (χ3v) is 16.1. The third kappa shape index (κ3) is 3.88. The number of rotatable bonds is 1. The monoisotopic (exact) mass is 388 g/mol. The van der Waals surface area contributed by atoms with Crippen molar-refractivity contribution in [2.45, 2.75) is 78.9 Å². The normalized spacial score (nSPS) is 31.4. The maximum atomic E-state index is 5.83. The Morgan fingerprint density at radius 1 is 0.895 bits per heavy atom. The van der Waals surface area contributed by atoms with Gasteiger partial charge < -0.3 is 0 Å². The number of nitrogens with one attached hydrogen (secondary N) is 1. The molecule has 3 nitrogen and oxygen atoms in total. The molecule has 0 unspecified atom stereocenters. The van der Waals surface area contributed by atoms with Crippen LogP contribution in [0.3, 0.4) is 0 Å². The van der Waals surface area contributed by atoms with Crippen LogP contribution in [0.1, 0.15) is 62.3 Å². The first kappa shape index (κ1) is 18.7. The van der Waals surface area contributed by atoms with E-state index in [1.807, 2.05) is 0 Å². The molecule has 0 aromatic rings. The molecule has 0 aliphatic carbocycles. The van der Waals surface area contributed by atoms with E-state index in [2.05, 4.69) is 91.9 Å². The summed E-state index contributed by atoms with van der Waals surface area (Å²) in [6.07, 6.45) is -1.67. The number of hydrogen-bond donors (Lipinski definition) is 1. The molecule has 0 bridgehead atoms. The Morgan fingerprint density at radius 3 is 1.42 bits per heavy atom. The van der Waals surface area contributed by atoms with Crippen LogP contribution in [0.5, 0.6) is 0 Å². The second kappa shape index (κ2) is 5.36. The summed E-state index contributed by atoms with van der Waals surface area (Å²) < 4.78 is 5.03. The van der Waals surface area contributed by atoms with Gasteiger partial charge in [0.25, 0.3) is 0 Å². The molecule has 1 fully saturated rings. The van der Waals surface area contributed by atoms with E-state index in [0.717, 1.165) is 0 Å². The van der Waals surface area contributed by atoms with Crippen molar-refractivity contribution in [3.63, 3.8) is 0 Å². The molecule has 0 atom stereocenters. The van der Waals surface area contributed by atoms with Crippen LogP contribution in [0.15, 0.2) is 0 Å². The first-order chi connectivity index (χ1) is 8.11. The van der Waals surface area contributed by atoms with Crippen molar-refractivity contribution in [3.05, 3.63) is 0 Å². The molecule has 0 radical (unpaired) electrons. The van der Waals surface area contributed by atoms with Crippen molar-refractivity contribution in [1.29, 1.82) is 0 Å². The predicted octanol–water partition coefficient (Wildman–Crippen LogP) is 4.21. The van der Waals surface area contributed by atoms with Gasteiger partial charge in [-0.3, -0.25) is 0 Å². The molecule has 19 heavy (non-hydrogen) atoms. The van der Waals surface area contributed by atoms with Crippen LogP contribution in [-0.2, 0) is 12.2 Å². The number of nitrogens with zero attached hydrogens (tertiary/aromatic N) is 2. The van der Waals surface area contributed by atoms with Gasteiger partial charge >= 0.3 is 135 Å². The van der Waals surface area contributed by atoms with E-state index in [1.54, 1.807) is 0 Å². The average molecular weight is 387 g/mol. The Kier molecular flexibility index (Phi) is 5.26. The van der Waals surface area contributed by atoms with E-state index < -0.39 is 13.8 Å². The summed E-state index contributed by atoms with van der Waals surface area (Å²) in [6.45, 7) is 20.2. The molecule has 0 saturated carbocycles. The van der Waals surface area contributed by atoms with E-state index >= 15 is 0 Å². The molecule has 114 valence electrons. The van der Waals surface area contributed by atoms with Crippen molar-refractivity contribution < 1.29 is 0 Å². The summed E-state index contributed by atoms with van der Waals surface area (Å²) in [4.78, 5) is 0. The van der Waals surface area contributed by atoms with Crippen LogP contribution >= 0.6 is 13.8 Å². The fraction of sp³-hybridized carbons (Fsp3) is 1.00.